The number of hydrogen-bond acceptors (Lipinski definition) is 3. The first-order valence-electron chi connectivity index (χ1n) is 5.57. The standard InChI is InChI=1S/C13H11BF2O3/c1-8-2-3-9(6-12(8)15)19-10-4-5-11(14(17)18)13(16)7-10/h2-7,17-18H,1H3. The Hall–Kier alpha value is -1.92. The summed E-state index contributed by atoms with van der Waals surface area (Å²) in [5.74, 6) is -0.842. The second-order valence-electron chi connectivity index (χ2n) is 4.07. The molecule has 0 fully saturated rings. The minimum absolute atomic E-state index is 0.144. The summed E-state index contributed by atoms with van der Waals surface area (Å²) in [6.45, 7) is 1.62. The molecule has 0 aliphatic heterocycles. The van der Waals surface area contributed by atoms with E-state index in [0.717, 1.165) is 6.07 Å². The van der Waals surface area contributed by atoms with Crippen LogP contribution in [0.25, 0.3) is 0 Å². The van der Waals surface area contributed by atoms with Crippen LogP contribution >= 0.6 is 0 Å². The van der Waals surface area contributed by atoms with Crippen LogP contribution in [0.4, 0.5) is 8.78 Å². The highest BCUT2D eigenvalue weighted by Gasteiger charge is 2.16. The van der Waals surface area contributed by atoms with Gasteiger partial charge in [0.2, 0.25) is 0 Å². The molecule has 0 aromatic heterocycles. The lowest BCUT2D eigenvalue weighted by Crippen LogP contribution is -2.32. The minimum atomic E-state index is -1.88. The molecule has 0 heterocycles. The summed E-state index contributed by atoms with van der Waals surface area (Å²) in [7, 11) is -1.88. The number of halogens is 2. The molecule has 0 radical (unpaired) electrons. The Bertz CT molecular complexity index is 602. The van der Waals surface area contributed by atoms with Crippen LogP contribution in [-0.4, -0.2) is 17.2 Å². The monoisotopic (exact) mass is 264 g/mol. The van der Waals surface area contributed by atoms with Crippen molar-refractivity contribution in [2.24, 2.45) is 0 Å². The number of aryl methyl sites for hydroxylation is 1. The average molecular weight is 264 g/mol. The van der Waals surface area contributed by atoms with Crippen molar-refractivity contribution in [1.82, 2.24) is 0 Å². The molecule has 98 valence electrons. The molecule has 2 aromatic rings. The fourth-order valence-electron chi connectivity index (χ4n) is 1.55. The van der Waals surface area contributed by atoms with E-state index in [0.29, 0.717) is 5.56 Å². The van der Waals surface area contributed by atoms with Crippen LogP contribution in [0.5, 0.6) is 11.5 Å². The zero-order valence-corrected chi connectivity index (χ0v) is 10.1. The first kappa shape index (κ1) is 13.5. The normalized spacial score (nSPS) is 10.4. The lowest BCUT2D eigenvalue weighted by atomic mass is 9.80. The number of ether oxygens (including phenoxy) is 1. The zero-order valence-electron chi connectivity index (χ0n) is 10.1. The van der Waals surface area contributed by atoms with Gasteiger partial charge in [-0.05, 0) is 24.6 Å². The SMILES string of the molecule is Cc1ccc(Oc2ccc(B(O)O)c(F)c2)cc1F. The van der Waals surface area contributed by atoms with Crippen LogP contribution in [0, 0.1) is 18.6 Å². The van der Waals surface area contributed by atoms with Crippen molar-refractivity contribution < 1.29 is 23.6 Å². The fourth-order valence-corrected chi connectivity index (χ4v) is 1.55. The summed E-state index contributed by atoms with van der Waals surface area (Å²) in [6, 6.07) is 7.88. The van der Waals surface area contributed by atoms with E-state index in [2.05, 4.69) is 0 Å². The van der Waals surface area contributed by atoms with E-state index >= 15 is 0 Å². The molecule has 2 N–H and O–H groups in total. The second-order valence-corrected chi connectivity index (χ2v) is 4.07. The maximum absolute atomic E-state index is 13.5. The van der Waals surface area contributed by atoms with Crippen LogP contribution in [-0.2, 0) is 0 Å². The van der Waals surface area contributed by atoms with Gasteiger partial charge in [-0.2, -0.15) is 0 Å². The van der Waals surface area contributed by atoms with Gasteiger partial charge in [0.15, 0.2) is 0 Å². The van der Waals surface area contributed by atoms with Crippen LogP contribution in [0.3, 0.4) is 0 Å². The first-order chi connectivity index (χ1) is 8.97. The van der Waals surface area contributed by atoms with Crippen LogP contribution < -0.4 is 10.2 Å². The number of rotatable bonds is 3. The molecule has 0 atom stereocenters. The quantitative estimate of drug-likeness (QED) is 0.830. The summed E-state index contributed by atoms with van der Waals surface area (Å²) in [6.07, 6.45) is 0. The van der Waals surface area contributed by atoms with Gasteiger partial charge < -0.3 is 14.8 Å². The van der Waals surface area contributed by atoms with Crippen molar-refractivity contribution in [1.29, 1.82) is 0 Å². The lowest BCUT2D eigenvalue weighted by Gasteiger charge is -2.08. The maximum atomic E-state index is 13.5. The Morgan fingerprint density at radius 3 is 2.05 bits per heavy atom. The van der Waals surface area contributed by atoms with Crippen LogP contribution in [0.15, 0.2) is 36.4 Å². The van der Waals surface area contributed by atoms with Gasteiger partial charge in [0.1, 0.15) is 23.1 Å². The van der Waals surface area contributed by atoms with E-state index in [1.165, 1.54) is 18.2 Å². The van der Waals surface area contributed by atoms with E-state index < -0.39 is 18.8 Å². The Kier molecular flexibility index (Phi) is 3.83. The smallest absolute Gasteiger partial charge is 0.457 e. The third kappa shape index (κ3) is 3.10. The largest absolute Gasteiger partial charge is 0.491 e. The fraction of sp³-hybridized carbons (Fsp3) is 0.0769. The van der Waals surface area contributed by atoms with E-state index in [1.54, 1.807) is 19.1 Å². The van der Waals surface area contributed by atoms with Gasteiger partial charge in [-0.15, -0.1) is 0 Å². The van der Waals surface area contributed by atoms with Crippen molar-refractivity contribution in [2.75, 3.05) is 0 Å². The molecule has 0 saturated heterocycles. The summed E-state index contributed by atoms with van der Waals surface area (Å²) in [4.78, 5) is 0. The topological polar surface area (TPSA) is 49.7 Å². The predicted octanol–water partition coefficient (Wildman–Crippen LogP) is 1.75. The summed E-state index contributed by atoms with van der Waals surface area (Å²) >= 11 is 0. The van der Waals surface area contributed by atoms with Gasteiger partial charge in [-0.1, -0.05) is 12.1 Å². The van der Waals surface area contributed by atoms with E-state index in [-0.39, 0.29) is 17.0 Å². The molecule has 0 aliphatic rings. The van der Waals surface area contributed by atoms with Gasteiger partial charge in [-0.3, -0.25) is 0 Å². The molecular formula is C13H11BF2O3. The van der Waals surface area contributed by atoms with E-state index in [9.17, 15) is 8.78 Å². The summed E-state index contributed by atoms with van der Waals surface area (Å²) in [5.41, 5.74) is 0.236. The van der Waals surface area contributed by atoms with Gasteiger partial charge in [0.05, 0.1) is 0 Å². The summed E-state index contributed by atoms with van der Waals surface area (Å²) < 4.78 is 32.1. The lowest BCUT2D eigenvalue weighted by molar-refractivity contribution is 0.422. The molecular weight excluding hydrogens is 253 g/mol. The number of benzene rings is 2. The van der Waals surface area contributed by atoms with Crippen molar-refractivity contribution in [3.63, 3.8) is 0 Å². The molecule has 0 unspecified atom stereocenters. The highest BCUT2D eigenvalue weighted by Crippen LogP contribution is 2.23. The van der Waals surface area contributed by atoms with Gasteiger partial charge >= 0.3 is 7.12 Å². The molecule has 2 aromatic carbocycles. The van der Waals surface area contributed by atoms with Crippen molar-refractivity contribution >= 4 is 12.6 Å². The zero-order chi connectivity index (χ0) is 14.0. The Morgan fingerprint density at radius 1 is 0.947 bits per heavy atom. The minimum Gasteiger partial charge on any atom is -0.457 e. The molecule has 0 amide bonds. The van der Waals surface area contributed by atoms with Gasteiger partial charge in [0, 0.05) is 17.6 Å². The third-order valence-corrected chi connectivity index (χ3v) is 2.63. The summed E-state index contributed by atoms with van der Waals surface area (Å²) in [5, 5.41) is 17.8. The molecule has 19 heavy (non-hydrogen) atoms. The molecule has 0 saturated carbocycles. The van der Waals surface area contributed by atoms with Crippen molar-refractivity contribution in [2.45, 2.75) is 6.92 Å². The number of hydrogen-bond donors (Lipinski definition) is 2. The average Bonchev–Trinajstić information content (AvgIpc) is 2.33. The highest BCUT2D eigenvalue weighted by molar-refractivity contribution is 6.58. The Morgan fingerprint density at radius 2 is 1.53 bits per heavy atom. The van der Waals surface area contributed by atoms with Crippen molar-refractivity contribution in [3.8, 4) is 11.5 Å². The van der Waals surface area contributed by atoms with Crippen LogP contribution in [0.2, 0.25) is 0 Å². The van der Waals surface area contributed by atoms with E-state index in [4.69, 9.17) is 14.8 Å². The van der Waals surface area contributed by atoms with Gasteiger partial charge in [-0.25, -0.2) is 8.78 Å². The molecule has 0 bridgehead atoms. The highest BCUT2D eigenvalue weighted by atomic mass is 19.1. The van der Waals surface area contributed by atoms with Crippen molar-refractivity contribution in [3.05, 3.63) is 53.6 Å². The van der Waals surface area contributed by atoms with Gasteiger partial charge in [0.25, 0.3) is 0 Å². The third-order valence-electron chi connectivity index (χ3n) is 2.63. The molecule has 0 aliphatic carbocycles. The molecule has 0 spiro atoms. The first-order valence-corrected chi connectivity index (χ1v) is 5.57. The molecule has 3 nitrogen and oxygen atoms in total. The molecule has 2 rings (SSSR count). The Labute approximate surface area is 109 Å². The second kappa shape index (κ2) is 5.38. The molecule has 6 heteroatoms. The Balaban J connectivity index is 2.24. The van der Waals surface area contributed by atoms with E-state index in [1.807, 2.05) is 0 Å². The predicted molar refractivity (Wildman–Crippen MR) is 67.4 cm³/mol. The van der Waals surface area contributed by atoms with Crippen LogP contribution in [0.1, 0.15) is 5.56 Å². The maximum Gasteiger partial charge on any atom is 0.491 e.